The summed E-state index contributed by atoms with van der Waals surface area (Å²) in [5.41, 5.74) is -1.26. The van der Waals surface area contributed by atoms with E-state index in [1.54, 1.807) is 6.92 Å². The smallest absolute Gasteiger partial charge is 0.293 e. The molecular weight excluding hydrogens is 381 g/mol. The summed E-state index contributed by atoms with van der Waals surface area (Å²) < 4.78 is 40.8. The first kappa shape index (κ1) is 17.6. The Morgan fingerprint density at radius 3 is 2.64 bits per heavy atom. The predicted octanol–water partition coefficient (Wildman–Crippen LogP) is 3.18. The van der Waals surface area contributed by atoms with Gasteiger partial charge < -0.3 is 0 Å². The van der Waals surface area contributed by atoms with E-state index in [4.69, 9.17) is 11.6 Å². The molecule has 0 spiro atoms. The summed E-state index contributed by atoms with van der Waals surface area (Å²) in [5.74, 6) is -0.293. The Labute approximate surface area is 147 Å². The number of fused-ring (bicyclic) bond motifs is 1. The first-order valence-corrected chi connectivity index (χ1v) is 8.11. The van der Waals surface area contributed by atoms with Crippen LogP contribution < -0.4 is 5.56 Å². The van der Waals surface area contributed by atoms with Gasteiger partial charge in [-0.15, -0.1) is 11.3 Å². The van der Waals surface area contributed by atoms with Gasteiger partial charge in [-0.2, -0.15) is 18.3 Å². The van der Waals surface area contributed by atoms with Crippen LogP contribution in [-0.2, 0) is 12.7 Å². The maximum Gasteiger partial charge on any atom is 0.433 e. The van der Waals surface area contributed by atoms with Gasteiger partial charge >= 0.3 is 6.18 Å². The zero-order valence-corrected chi connectivity index (χ0v) is 14.5. The Kier molecular flexibility index (Phi) is 4.20. The zero-order valence-electron chi connectivity index (χ0n) is 12.9. The summed E-state index contributed by atoms with van der Waals surface area (Å²) >= 11 is 6.68. The Balaban J connectivity index is 2.11. The number of hydrogen-bond donors (Lipinski definition) is 0. The molecule has 0 fully saturated rings. The number of carbonyl (C=O) groups is 1. The average molecular weight is 391 g/mol. The van der Waals surface area contributed by atoms with Crippen molar-refractivity contribution in [2.75, 3.05) is 0 Å². The van der Waals surface area contributed by atoms with Crippen LogP contribution in [0, 0.1) is 6.92 Å². The molecule has 0 saturated heterocycles. The number of hydrogen-bond acceptors (Lipinski definition) is 5. The fourth-order valence-electron chi connectivity index (χ4n) is 2.50. The molecule has 3 rings (SSSR count). The second kappa shape index (κ2) is 5.95. The highest BCUT2D eigenvalue weighted by atomic mass is 35.5. The second-order valence-corrected chi connectivity index (χ2v) is 6.84. The molecule has 0 N–H and O–H groups in total. The van der Waals surface area contributed by atoms with Crippen molar-refractivity contribution in [2.24, 2.45) is 0 Å². The Morgan fingerprint density at radius 2 is 2.04 bits per heavy atom. The van der Waals surface area contributed by atoms with Crippen molar-refractivity contribution in [1.29, 1.82) is 0 Å². The number of thiazole rings is 1. The number of halogens is 4. The summed E-state index contributed by atoms with van der Waals surface area (Å²) in [4.78, 5) is 29.0. The van der Waals surface area contributed by atoms with Gasteiger partial charge in [-0.1, -0.05) is 11.6 Å². The van der Waals surface area contributed by atoms with E-state index in [0.29, 0.717) is 15.6 Å². The molecule has 0 atom stereocenters. The van der Waals surface area contributed by atoms with E-state index >= 15 is 0 Å². The Hall–Kier alpha value is -2.20. The van der Waals surface area contributed by atoms with Gasteiger partial charge in [-0.05, 0) is 6.92 Å². The van der Waals surface area contributed by atoms with Gasteiger partial charge in [0.2, 0.25) is 0 Å². The summed E-state index contributed by atoms with van der Waals surface area (Å²) in [6, 6.07) is 1.79. The number of nitrogens with zero attached hydrogens (tertiary/aromatic N) is 4. The summed E-state index contributed by atoms with van der Waals surface area (Å²) in [7, 11) is 0. The van der Waals surface area contributed by atoms with Crippen LogP contribution in [-0.4, -0.2) is 24.9 Å². The van der Waals surface area contributed by atoms with Gasteiger partial charge in [-0.3, -0.25) is 14.3 Å². The monoisotopic (exact) mass is 390 g/mol. The van der Waals surface area contributed by atoms with Crippen LogP contribution in [0.15, 0.2) is 16.9 Å². The number of aromatic nitrogens is 4. The Bertz CT molecular complexity index is 1050. The molecule has 3 aromatic rings. The van der Waals surface area contributed by atoms with Gasteiger partial charge in [0.15, 0.2) is 15.9 Å². The molecule has 6 nitrogen and oxygen atoms in total. The van der Waals surface area contributed by atoms with Crippen molar-refractivity contribution in [3.05, 3.63) is 49.6 Å². The number of Topliss-reactive ketones (excluding diaryl/α,β-unsaturated/α-hetero) is 1. The van der Waals surface area contributed by atoms with Crippen molar-refractivity contribution >= 4 is 33.7 Å². The van der Waals surface area contributed by atoms with Crippen molar-refractivity contribution < 1.29 is 18.0 Å². The van der Waals surface area contributed by atoms with Gasteiger partial charge in [0, 0.05) is 23.9 Å². The molecule has 0 unspecified atom stereocenters. The maximum atomic E-state index is 13.0. The molecule has 0 radical (unpaired) electrons. The lowest BCUT2D eigenvalue weighted by Gasteiger charge is -2.09. The molecule has 11 heteroatoms. The highest BCUT2D eigenvalue weighted by Gasteiger charge is 2.35. The molecule has 0 saturated carbocycles. The summed E-state index contributed by atoms with van der Waals surface area (Å²) in [6.07, 6.45) is -4.64. The average Bonchev–Trinajstić information content (AvgIpc) is 2.98. The fraction of sp³-hybridized carbons (Fsp3) is 0.286. The third-order valence-electron chi connectivity index (χ3n) is 3.43. The van der Waals surface area contributed by atoms with Crippen molar-refractivity contribution in [2.45, 2.75) is 26.6 Å². The maximum absolute atomic E-state index is 13.0. The minimum atomic E-state index is -4.64. The van der Waals surface area contributed by atoms with Crippen LogP contribution in [0.3, 0.4) is 0 Å². The van der Waals surface area contributed by atoms with Crippen LogP contribution in [0.5, 0.6) is 0 Å². The van der Waals surface area contributed by atoms with Crippen LogP contribution in [0.4, 0.5) is 13.2 Å². The summed E-state index contributed by atoms with van der Waals surface area (Å²) in [5, 5.41) is 3.29. The molecular formula is C14H10ClF3N4O2S. The normalized spacial score (nSPS) is 12.1. The van der Waals surface area contributed by atoms with Crippen molar-refractivity contribution in [3.8, 4) is 0 Å². The number of alkyl halides is 3. The van der Waals surface area contributed by atoms with E-state index in [9.17, 15) is 22.8 Å². The highest BCUT2D eigenvalue weighted by molar-refractivity contribution is 7.17. The lowest BCUT2D eigenvalue weighted by atomic mass is 10.3. The minimum Gasteiger partial charge on any atom is -0.293 e. The number of carbonyl (C=O) groups excluding carboxylic acids is 1. The second-order valence-electron chi connectivity index (χ2n) is 5.27. The highest BCUT2D eigenvalue weighted by Crippen LogP contribution is 2.31. The largest absolute Gasteiger partial charge is 0.433 e. The van der Waals surface area contributed by atoms with E-state index in [2.05, 4.69) is 10.1 Å². The SMILES string of the molecule is CC(=O)c1c(C)sc2nc(Cn3nc(Cl)cc3C(F)(F)F)cc(=O)n12. The summed E-state index contributed by atoms with van der Waals surface area (Å²) in [6.45, 7) is 2.63. The molecule has 3 heterocycles. The van der Waals surface area contributed by atoms with E-state index in [1.165, 1.54) is 6.92 Å². The predicted molar refractivity (Wildman–Crippen MR) is 85.4 cm³/mol. The van der Waals surface area contributed by atoms with E-state index < -0.39 is 17.4 Å². The van der Waals surface area contributed by atoms with Gasteiger partial charge in [0.1, 0.15) is 11.4 Å². The number of aryl methyl sites for hydroxylation is 1. The molecule has 25 heavy (non-hydrogen) atoms. The Morgan fingerprint density at radius 1 is 1.36 bits per heavy atom. The van der Waals surface area contributed by atoms with Crippen LogP contribution in [0.25, 0.3) is 4.96 Å². The molecule has 3 aromatic heterocycles. The van der Waals surface area contributed by atoms with Gasteiger partial charge in [-0.25, -0.2) is 9.38 Å². The molecule has 0 bridgehead atoms. The van der Waals surface area contributed by atoms with Crippen LogP contribution >= 0.6 is 22.9 Å². The van der Waals surface area contributed by atoms with Crippen LogP contribution in [0.1, 0.15) is 33.7 Å². The zero-order chi connectivity index (χ0) is 18.5. The first-order chi connectivity index (χ1) is 11.6. The molecule has 0 aliphatic carbocycles. The topological polar surface area (TPSA) is 69.3 Å². The lowest BCUT2D eigenvalue weighted by molar-refractivity contribution is -0.144. The quantitative estimate of drug-likeness (QED) is 0.644. The van der Waals surface area contributed by atoms with E-state index in [0.717, 1.165) is 21.8 Å². The molecule has 0 aromatic carbocycles. The third-order valence-corrected chi connectivity index (χ3v) is 4.57. The first-order valence-electron chi connectivity index (χ1n) is 6.91. The van der Waals surface area contributed by atoms with E-state index in [1.807, 2.05) is 0 Å². The van der Waals surface area contributed by atoms with Gasteiger partial charge in [0.05, 0.1) is 12.2 Å². The molecule has 132 valence electrons. The fourth-order valence-corrected chi connectivity index (χ4v) is 3.73. The van der Waals surface area contributed by atoms with Crippen molar-refractivity contribution in [3.63, 3.8) is 0 Å². The minimum absolute atomic E-state index is 0.0895. The number of rotatable bonds is 3. The lowest BCUT2D eigenvalue weighted by Crippen LogP contribution is -2.21. The standard InChI is InChI=1S/C14H10ClF3N4O2S/c1-6(23)12-7(2)25-13-19-8(3-11(24)22(12)13)5-21-9(14(16,17)18)4-10(15)20-21/h3-4H,5H2,1-2H3. The van der Waals surface area contributed by atoms with Crippen molar-refractivity contribution in [1.82, 2.24) is 19.2 Å². The molecule has 0 amide bonds. The molecule has 0 aliphatic heterocycles. The van der Waals surface area contributed by atoms with Crippen LogP contribution in [0.2, 0.25) is 5.15 Å². The molecule has 0 aliphatic rings. The number of ketones is 1. The van der Waals surface area contributed by atoms with Gasteiger partial charge in [0.25, 0.3) is 5.56 Å². The third kappa shape index (κ3) is 3.19. The van der Waals surface area contributed by atoms with E-state index in [-0.39, 0.29) is 33.8 Å².